The molecule has 0 amide bonds. The van der Waals surface area contributed by atoms with Gasteiger partial charge < -0.3 is 5.73 Å². The van der Waals surface area contributed by atoms with Gasteiger partial charge in [0.25, 0.3) is 0 Å². The lowest BCUT2D eigenvalue weighted by Crippen LogP contribution is -2.31. The molecular weight excluding hydrogens is 201 g/mol. The minimum Gasteiger partial charge on any atom is -0.324 e. The van der Waals surface area contributed by atoms with Crippen molar-refractivity contribution in [2.45, 2.75) is 24.3 Å². The Morgan fingerprint density at radius 1 is 1.50 bits per heavy atom. The number of benzene rings is 1. The molecule has 1 aliphatic carbocycles. The van der Waals surface area contributed by atoms with Gasteiger partial charge in [-0.1, -0.05) is 23.7 Å². The van der Waals surface area contributed by atoms with Crippen LogP contribution in [0.3, 0.4) is 0 Å². The first kappa shape index (κ1) is 9.94. The van der Waals surface area contributed by atoms with E-state index in [-0.39, 0.29) is 11.5 Å². The molecule has 0 aliphatic heterocycles. The zero-order chi connectivity index (χ0) is 10.2. The van der Waals surface area contributed by atoms with Gasteiger partial charge in [-0.3, -0.25) is 4.39 Å². The molecular formula is C11H13ClFN. The smallest absolute Gasteiger partial charge is 0.0980 e. The number of rotatable bonds is 3. The van der Waals surface area contributed by atoms with Gasteiger partial charge in [-0.25, -0.2) is 0 Å². The highest BCUT2D eigenvalue weighted by atomic mass is 35.5. The third-order valence-electron chi connectivity index (χ3n) is 2.93. The van der Waals surface area contributed by atoms with Crippen LogP contribution in [0.1, 0.15) is 24.3 Å². The maximum Gasteiger partial charge on any atom is 0.0980 e. The van der Waals surface area contributed by atoms with Crippen molar-refractivity contribution in [3.63, 3.8) is 0 Å². The van der Waals surface area contributed by atoms with Gasteiger partial charge in [0, 0.05) is 16.5 Å². The van der Waals surface area contributed by atoms with E-state index in [1.54, 1.807) is 12.1 Å². The van der Waals surface area contributed by atoms with Gasteiger partial charge in [0.05, 0.1) is 6.67 Å². The van der Waals surface area contributed by atoms with Gasteiger partial charge in [0.1, 0.15) is 0 Å². The summed E-state index contributed by atoms with van der Waals surface area (Å²) < 4.78 is 12.9. The van der Waals surface area contributed by atoms with Crippen LogP contribution >= 0.6 is 11.6 Å². The van der Waals surface area contributed by atoms with Crippen molar-refractivity contribution in [1.29, 1.82) is 0 Å². The number of halogens is 2. The average molecular weight is 214 g/mol. The molecule has 2 rings (SSSR count). The number of hydrogen-bond donors (Lipinski definition) is 1. The van der Waals surface area contributed by atoms with Crippen LogP contribution < -0.4 is 5.73 Å². The lowest BCUT2D eigenvalue weighted by atomic mass is 9.91. The molecule has 1 aromatic rings. The summed E-state index contributed by atoms with van der Waals surface area (Å²) >= 11 is 5.85. The van der Waals surface area contributed by atoms with Crippen LogP contribution in [0.25, 0.3) is 0 Å². The molecule has 0 spiro atoms. The van der Waals surface area contributed by atoms with E-state index in [1.165, 1.54) is 0 Å². The Kier molecular flexibility index (Phi) is 2.50. The quantitative estimate of drug-likeness (QED) is 0.821. The SMILES string of the molecule is NC1(C(CF)c2cccc(Cl)c2)CC1. The van der Waals surface area contributed by atoms with Crippen molar-refractivity contribution in [2.24, 2.45) is 5.73 Å². The van der Waals surface area contributed by atoms with Crippen LogP contribution in [0.4, 0.5) is 4.39 Å². The van der Waals surface area contributed by atoms with E-state index in [1.807, 2.05) is 12.1 Å². The molecule has 1 saturated carbocycles. The summed E-state index contributed by atoms with van der Waals surface area (Å²) in [6.45, 7) is -0.406. The van der Waals surface area contributed by atoms with Crippen LogP contribution in [0.5, 0.6) is 0 Å². The lowest BCUT2D eigenvalue weighted by molar-refractivity contribution is 0.376. The first-order valence-electron chi connectivity index (χ1n) is 4.76. The molecule has 1 fully saturated rings. The Bertz CT molecular complexity index is 336. The second-order valence-electron chi connectivity index (χ2n) is 4.00. The van der Waals surface area contributed by atoms with E-state index < -0.39 is 6.67 Å². The third-order valence-corrected chi connectivity index (χ3v) is 3.16. The molecule has 3 heteroatoms. The maximum absolute atomic E-state index is 12.9. The van der Waals surface area contributed by atoms with Crippen molar-refractivity contribution in [3.8, 4) is 0 Å². The maximum atomic E-state index is 12.9. The summed E-state index contributed by atoms with van der Waals surface area (Å²) in [5, 5.41) is 0.644. The van der Waals surface area contributed by atoms with Gasteiger partial charge >= 0.3 is 0 Å². The van der Waals surface area contributed by atoms with Crippen LogP contribution in [-0.2, 0) is 0 Å². The second-order valence-corrected chi connectivity index (χ2v) is 4.43. The normalized spacial score (nSPS) is 20.5. The Balaban J connectivity index is 2.27. The fraction of sp³-hybridized carbons (Fsp3) is 0.455. The number of hydrogen-bond acceptors (Lipinski definition) is 1. The van der Waals surface area contributed by atoms with Gasteiger partial charge in [-0.05, 0) is 30.5 Å². The predicted molar refractivity (Wildman–Crippen MR) is 56.3 cm³/mol. The minimum atomic E-state index is -0.406. The molecule has 0 aromatic heterocycles. The van der Waals surface area contributed by atoms with E-state index in [2.05, 4.69) is 0 Å². The van der Waals surface area contributed by atoms with Crippen molar-refractivity contribution >= 4 is 11.6 Å². The van der Waals surface area contributed by atoms with Crippen LogP contribution in [0, 0.1) is 0 Å². The molecule has 1 aromatic carbocycles. The molecule has 14 heavy (non-hydrogen) atoms. The molecule has 0 saturated heterocycles. The second kappa shape index (κ2) is 3.52. The minimum absolute atomic E-state index is 0.193. The third kappa shape index (κ3) is 1.77. The molecule has 0 radical (unpaired) electrons. The molecule has 1 aliphatic rings. The Labute approximate surface area is 88.1 Å². The van der Waals surface area contributed by atoms with Gasteiger partial charge in [0.2, 0.25) is 0 Å². The molecule has 1 nitrogen and oxygen atoms in total. The largest absolute Gasteiger partial charge is 0.324 e. The highest BCUT2D eigenvalue weighted by molar-refractivity contribution is 6.30. The molecule has 76 valence electrons. The van der Waals surface area contributed by atoms with Crippen molar-refractivity contribution in [2.75, 3.05) is 6.67 Å². The fourth-order valence-electron chi connectivity index (χ4n) is 1.79. The molecule has 1 unspecified atom stereocenters. The average Bonchev–Trinajstić information content (AvgIpc) is 2.85. The van der Waals surface area contributed by atoms with Crippen molar-refractivity contribution in [3.05, 3.63) is 34.9 Å². The Morgan fingerprint density at radius 3 is 2.71 bits per heavy atom. The summed E-state index contributed by atoms with van der Waals surface area (Å²) in [6.07, 6.45) is 1.82. The summed E-state index contributed by atoms with van der Waals surface area (Å²) in [5.41, 5.74) is 6.60. The fourth-order valence-corrected chi connectivity index (χ4v) is 1.99. The highest BCUT2D eigenvalue weighted by Gasteiger charge is 2.46. The van der Waals surface area contributed by atoms with Gasteiger partial charge in [0.15, 0.2) is 0 Å². The van der Waals surface area contributed by atoms with E-state index >= 15 is 0 Å². The topological polar surface area (TPSA) is 26.0 Å². The van der Waals surface area contributed by atoms with Crippen LogP contribution in [0.2, 0.25) is 5.02 Å². The van der Waals surface area contributed by atoms with Crippen molar-refractivity contribution in [1.82, 2.24) is 0 Å². The Morgan fingerprint density at radius 2 is 2.21 bits per heavy atom. The first-order chi connectivity index (χ1) is 6.65. The lowest BCUT2D eigenvalue weighted by Gasteiger charge is -2.20. The van der Waals surface area contributed by atoms with Crippen LogP contribution in [-0.4, -0.2) is 12.2 Å². The van der Waals surface area contributed by atoms with E-state index in [9.17, 15) is 4.39 Å². The summed E-state index contributed by atoms with van der Waals surface area (Å²) in [5.74, 6) is -0.193. The standard InChI is InChI=1S/C11H13ClFN/c12-9-3-1-2-8(6-9)10(7-13)11(14)4-5-11/h1-3,6,10H,4-5,7,14H2. The van der Waals surface area contributed by atoms with E-state index in [0.717, 1.165) is 18.4 Å². The highest BCUT2D eigenvalue weighted by Crippen LogP contribution is 2.45. The van der Waals surface area contributed by atoms with E-state index in [4.69, 9.17) is 17.3 Å². The predicted octanol–water partition coefficient (Wildman–Crippen LogP) is 2.88. The molecule has 0 bridgehead atoms. The zero-order valence-electron chi connectivity index (χ0n) is 7.84. The first-order valence-corrected chi connectivity index (χ1v) is 5.14. The van der Waals surface area contributed by atoms with Crippen molar-refractivity contribution < 1.29 is 4.39 Å². The van der Waals surface area contributed by atoms with E-state index in [0.29, 0.717) is 5.02 Å². The zero-order valence-corrected chi connectivity index (χ0v) is 8.60. The molecule has 1 atom stereocenters. The number of nitrogens with two attached hydrogens (primary N) is 1. The summed E-state index contributed by atoms with van der Waals surface area (Å²) in [7, 11) is 0. The van der Waals surface area contributed by atoms with Gasteiger partial charge in [-0.2, -0.15) is 0 Å². The summed E-state index contributed by atoms with van der Waals surface area (Å²) in [6, 6.07) is 7.32. The Hall–Kier alpha value is -0.600. The van der Waals surface area contributed by atoms with Crippen LogP contribution in [0.15, 0.2) is 24.3 Å². The molecule has 0 heterocycles. The molecule has 2 N–H and O–H groups in total. The number of alkyl halides is 1. The van der Waals surface area contributed by atoms with Gasteiger partial charge in [-0.15, -0.1) is 0 Å². The monoisotopic (exact) mass is 213 g/mol. The summed E-state index contributed by atoms with van der Waals surface area (Å²) in [4.78, 5) is 0.